The van der Waals surface area contributed by atoms with Crippen LogP contribution in [0.5, 0.6) is 5.75 Å². The van der Waals surface area contributed by atoms with Crippen molar-refractivity contribution in [2.24, 2.45) is 0 Å². The molecule has 2 rings (SSSR count). The molecule has 2 aromatic rings. The number of nitrogens with zero attached hydrogens (tertiary/aromatic N) is 1. The lowest BCUT2D eigenvalue weighted by Crippen LogP contribution is -2.20. The zero-order valence-corrected chi connectivity index (χ0v) is 11.9. The molecule has 7 nitrogen and oxygen atoms in total. The molecule has 8 heteroatoms. The quantitative estimate of drug-likeness (QED) is 0.749. The third-order valence-electron chi connectivity index (χ3n) is 2.54. The average Bonchev–Trinajstić information content (AvgIpc) is 2.81. The highest BCUT2D eigenvalue weighted by Crippen LogP contribution is 2.32. The lowest BCUT2D eigenvalue weighted by molar-refractivity contribution is -0.142. The van der Waals surface area contributed by atoms with Crippen LogP contribution < -0.4 is 4.74 Å². The van der Waals surface area contributed by atoms with Gasteiger partial charge in [0.25, 0.3) is 5.22 Å². The second-order valence-corrected chi connectivity index (χ2v) is 5.21. The van der Waals surface area contributed by atoms with E-state index in [9.17, 15) is 9.59 Å². The number of ether oxygens (including phenoxy) is 1. The molecule has 1 unspecified atom stereocenters. The van der Waals surface area contributed by atoms with Gasteiger partial charge in [0.1, 0.15) is 10.8 Å². The zero-order valence-electron chi connectivity index (χ0n) is 11.1. The van der Waals surface area contributed by atoms with E-state index in [2.05, 4.69) is 4.98 Å². The smallest absolute Gasteiger partial charge is 0.317 e. The van der Waals surface area contributed by atoms with Crippen LogP contribution in [0.4, 0.5) is 0 Å². The third-order valence-corrected chi connectivity index (χ3v) is 3.57. The summed E-state index contributed by atoms with van der Waals surface area (Å²) in [6.45, 7) is 2.29. The summed E-state index contributed by atoms with van der Waals surface area (Å²) in [6.07, 6.45) is -0.517. The number of thioether (sulfide) groups is 1. The van der Waals surface area contributed by atoms with Gasteiger partial charge < -0.3 is 19.4 Å². The van der Waals surface area contributed by atoms with Crippen LogP contribution in [0.3, 0.4) is 0 Å². The Morgan fingerprint density at radius 3 is 2.81 bits per heavy atom. The Bertz CT molecular complexity index is 668. The van der Waals surface area contributed by atoms with Crippen LogP contribution in [0, 0.1) is 0 Å². The lowest BCUT2D eigenvalue weighted by atomic mass is 10.3. The molecule has 2 N–H and O–H groups in total. The van der Waals surface area contributed by atoms with E-state index in [0.29, 0.717) is 23.5 Å². The fraction of sp³-hybridized carbons (Fsp3) is 0.308. The Hall–Kier alpha value is -2.22. The number of hydrogen-bond donors (Lipinski definition) is 2. The molecule has 21 heavy (non-hydrogen) atoms. The monoisotopic (exact) mass is 311 g/mol. The summed E-state index contributed by atoms with van der Waals surface area (Å²) in [5.74, 6) is -1.91. The first-order chi connectivity index (χ1) is 10.0. The van der Waals surface area contributed by atoms with Crippen LogP contribution in [0.25, 0.3) is 11.1 Å². The third kappa shape index (κ3) is 3.66. The predicted molar refractivity (Wildman–Crippen MR) is 74.7 cm³/mol. The summed E-state index contributed by atoms with van der Waals surface area (Å²) in [5.41, 5.74) is 0.948. The largest absolute Gasteiger partial charge is 0.490 e. The Morgan fingerprint density at radius 2 is 2.19 bits per heavy atom. The molecule has 0 saturated carbocycles. The molecule has 0 amide bonds. The van der Waals surface area contributed by atoms with Crippen molar-refractivity contribution >= 4 is 34.8 Å². The van der Waals surface area contributed by atoms with Gasteiger partial charge in [0.15, 0.2) is 11.3 Å². The Balaban J connectivity index is 2.27. The number of hydrogen-bond acceptors (Lipinski definition) is 6. The average molecular weight is 311 g/mol. The summed E-state index contributed by atoms with van der Waals surface area (Å²) in [7, 11) is 0. The van der Waals surface area contributed by atoms with Crippen molar-refractivity contribution in [2.75, 3.05) is 6.61 Å². The number of carbonyl (C=O) groups is 2. The molecular formula is C13H13NO6S. The molecular weight excluding hydrogens is 298 g/mol. The second kappa shape index (κ2) is 6.49. The van der Waals surface area contributed by atoms with Gasteiger partial charge in [-0.05, 0) is 19.1 Å². The SMILES string of the molecule is CCOc1cccc2nc(SC(CC(=O)O)C(=O)O)oc12. The minimum absolute atomic E-state index is 0.103. The number of para-hydroxylation sites is 1. The molecule has 0 fully saturated rings. The van der Waals surface area contributed by atoms with Crippen molar-refractivity contribution < 1.29 is 29.0 Å². The molecule has 0 spiro atoms. The number of rotatable bonds is 7. The van der Waals surface area contributed by atoms with E-state index in [1.807, 2.05) is 6.92 Å². The van der Waals surface area contributed by atoms with Gasteiger partial charge in [-0.3, -0.25) is 9.59 Å². The van der Waals surface area contributed by atoms with E-state index in [-0.39, 0.29) is 5.22 Å². The number of carboxylic acids is 2. The fourth-order valence-electron chi connectivity index (χ4n) is 1.68. The molecule has 0 saturated heterocycles. The standard InChI is InChI=1S/C13H13NO6S/c1-2-19-8-5-3-4-7-11(8)20-13(14-7)21-9(12(17)18)6-10(15)16/h3-5,9H,2,6H2,1H3,(H,15,16)(H,17,18). The molecule has 1 aromatic heterocycles. The van der Waals surface area contributed by atoms with E-state index in [1.165, 1.54) is 0 Å². The summed E-state index contributed by atoms with van der Waals surface area (Å²) in [4.78, 5) is 25.9. The molecule has 1 atom stereocenters. The highest BCUT2D eigenvalue weighted by Gasteiger charge is 2.25. The number of oxazole rings is 1. The maximum atomic E-state index is 11.0. The van der Waals surface area contributed by atoms with Crippen molar-refractivity contribution in [3.05, 3.63) is 18.2 Å². The normalized spacial score (nSPS) is 12.2. The maximum Gasteiger partial charge on any atom is 0.317 e. The Kier molecular flexibility index (Phi) is 4.69. The molecule has 0 aliphatic rings. The van der Waals surface area contributed by atoms with Gasteiger partial charge in [0.2, 0.25) is 0 Å². The van der Waals surface area contributed by atoms with Crippen LogP contribution >= 0.6 is 11.8 Å². The van der Waals surface area contributed by atoms with Crippen LogP contribution in [-0.2, 0) is 9.59 Å². The zero-order chi connectivity index (χ0) is 15.4. The van der Waals surface area contributed by atoms with Crippen molar-refractivity contribution in [2.45, 2.75) is 23.8 Å². The summed E-state index contributed by atoms with van der Waals surface area (Å²) in [5, 5.41) is 16.7. The van der Waals surface area contributed by atoms with Gasteiger partial charge in [-0.25, -0.2) is 4.98 Å². The Morgan fingerprint density at radius 1 is 1.43 bits per heavy atom. The number of fused-ring (bicyclic) bond motifs is 1. The Labute approximate surface area is 123 Å². The fourth-order valence-corrected chi connectivity index (χ4v) is 2.54. The van der Waals surface area contributed by atoms with Crippen molar-refractivity contribution in [1.82, 2.24) is 4.98 Å². The van der Waals surface area contributed by atoms with Gasteiger partial charge in [0, 0.05) is 0 Å². The molecule has 1 aromatic carbocycles. The molecule has 0 aliphatic heterocycles. The van der Waals surface area contributed by atoms with E-state index in [1.54, 1.807) is 18.2 Å². The molecule has 112 valence electrons. The summed E-state index contributed by atoms with van der Waals surface area (Å²) < 4.78 is 10.9. The first-order valence-corrected chi connectivity index (χ1v) is 7.02. The number of carboxylic acid groups (broad SMARTS) is 2. The molecule has 0 radical (unpaired) electrons. The number of benzene rings is 1. The van der Waals surface area contributed by atoms with E-state index in [0.717, 1.165) is 11.8 Å². The maximum absolute atomic E-state index is 11.0. The van der Waals surface area contributed by atoms with Crippen LogP contribution in [0.1, 0.15) is 13.3 Å². The minimum Gasteiger partial charge on any atom is -0.490 e. The van der Waals surface area contributed by atoms with Gasteiger partial charge in [-0.1, -0.05) is 17.8 Å². The van der Waals surface area contributed by atoms with E-state index in [4.69, 9.17) is 19.4 Å². The minimum atomic E-state index is -1.23. The number of aromatic nitrogens is 1. The van der Waals surface area contributed by atoms with E-state index < -0.39 is 23.6 Å². The highest BCUT2D eigenvalue weighted by molar-refractivity contribution is 8.00. The molecule has 0 bridgehead atoms. The van der Waals surface area contributed by atoms with Gasteiger partial charge in [-0.15, -0.1) is 0 Å². The highest BCUT2D eigenvalue weighted by atomic mass is 32.2. The van der Waals surface area contributed by atoms with Gasteiger partial charge >= 0.3 is 11.9 Å². The summed E-state index contributed by atoms with van der Waals surface area (Å²) >= 11 is 0.764. The van der Waals surface area contributed by atoms with E-state index >= 15 is 0 Å². The van der Waals surface area contributed by atoms with Crippen molar-refractivity contribution in [1.29, 1.82) is 0 Å². The van der Waals surface area contributed by atoms with Crippen LogP contribution in [0.15, 0.2) is 27.8 Å². The summed E-state index contributed by atoms with van der Waals surface area (Å²) in [6, 6.07) is 5.17. The lowest BCUT2D eigenvalue weighted by Gasteiger charge is -2.05. The van der Waals surface area contributed by atoms with Crippen LogP contribution in [-0.4, -0.2) is 39.0 Å². The first-order valence-electron chi connectivity index (χ1n) is 6.15. The molecule has 0 aliphatic carbocycles. The topological polar surface area (TPSA) is 110 Å². The predicted octanol–water partition coefficient (Wildman–Crippen LogP) is 2.25. The second-order valence-electron chi connectivity index (χ2n) is 4.06. The van der Waals surface area contributed by atoms with Gasteiger partial charge in [-0.2, -0.15) is 0 Å². The van der Waals surface area contributed by atoms with Crippen molar-refractivity contribution in [3.63, 3.8) is 0 Å². The van der Waals surface area contributed by atoms with Crippen LogP contribution in [0.2, 0.25) is 0 Å². The van der Waals surface area contributed by atoms with Gasteiger partial charge in [0.05, 0.1) is 13.0 Å². The van der Waals surface area contributed by atoms with Crippen molar-refractivity contribution in [3.8, 4) is 5.75 Å². The molecule has 1 heterocycles. The first kappa shape index (κ1) is 15.2. The number of aliphatic carboxylic acids is 2.